The second kappa shape index (κ2) is 6.76. The van der Waals surface area contributed by atoms with Gasteiger partial charge in [0, 0.05) is 12.2 Å². The number of benzene rings is 1. The van der Waals surface area contributed by atoms with Gasteiger partial charge in [-0.1, -0.05) is 19.1 Å². The first-order chi connectivity index (χ1) is 7.69. The van der Waals surface area contributed by atoms with E-state index in [1.54, 1.807) is 30.0 Å². The Hall–Kier alpha value is -0.740. The van der Waals surface area contributed by atoms with Crippen LogP contribution in [-0.2, 0) is 6.42 Å². The van der Waals surface area contributed by atoms with E-state index in [4.69, 9.17) is 4.74 Å². The zero-order chi connectivity index (χ0) is 12.0. The fourth-order valence-corrected chi connectivity index (χ4v) is 2.06. The maximum absolute atomic E-state index is 13.7. The van der Waals surface area contributed by atoms with Crippen LogP contribution in [0.5, 0.6) is 5.75 Å². The monoisotopic (exact) mass is 244 g/mol. The Labute approximate surface area is 99.8 Å². The molecule has 0 heterocycles. The number of hydrogen-bond donors (Lipinski definition) is 1. The molecule has 0 saturated heterocycles. The van der Waals surface area contributed by atoms with Crippen molar-refractivity contribution in [3.8, 4) is 5.75 Å². The van der Waals surface area contributed by atoms with E-state index in [-0.39, 0.29) is 11.6 Å². The lowest BCUT2D eigenvalue weighted by atomic mass is 10.1. The average molecular weight is 244 g/mol. The van der Waals surface area contributed by atoms with Gasteiger partial charge in [-0.2, -0.15) is 11.8 Å². The van der Waals surface area contributed by atoms with Gasteiger partial charge < -0.3 is 9.84 Å². The standard InChI is InChI=1S/C12H17FO2S/c1-3-16-8-10(14)7-9-5-4-6-11(15-2)12(9)13/h4-6,10,14H,3,7-8H2,1-2H3. The van der Waals surface area contributed by atoms with E-state index in [1.807, 2.05) is 6.92 Å². The average Bonchev–Trinajstić information content (AvgIpc) is 2.29. The minimum absolute atomic E-state index is 0.229. The summed E-state index contributed by atoms with van der Waals surface area (Å²) in [7, 11) is 1.44. The first kappa shape index (κ1) is 13.3. The molecule has 0 aromatic heterocycles. The van der Waals surface area contributed by atoms with Crippen LogP contribution >= 0.6 is 11.8 Å². The first-order valence-corrected chi connectivity index (χ1v) is 6.41. The first-order valence-electron chi connectivity index (χ1n) is 5.26. The summed E-state index contributed by atoms with van der Waals surface area (Å²) in [5.41, 5.74) is 0.503. The van der Waals surface area contributed by atoms with Gasteiger partial charge in [0.2, 0.25) is 0 Å². The molecule has 1 unspecified atom stereocenters. The van der Waals surface area contributed by atoms with Crippen molar-refractivity contribution in [2.45, 2.75) is 19.4 Å². The third-order valence-corrected chi connectivity index (χ3v) is 3.26. The topological polar surface area (TPSA) is 29.5 Å². The van der Waals surface area contributed by atoms with Crippen LogP contribution in [0.25, 0.3) is 0 Å². The van der Waals surface area contributed by atoms with E-state index in [0.717, 1.165) is 5.75 Å². The molecule has 16 heavy (non-hydrogen) atoms. The van der Waals surface area contributed by atoms with Crippen LogP contribution in [0.2, 0.25) is 0 Å². The van der Waals surface area contributed by atoms with E-state index >= 15 is 0 Å². The molecule has 0 fully saturated rings. The maximum Gasteiger partial charge on any atom is 0.168 e. The Morgan fingerprint density at radius 2 is 2.25 bits per heavy atom. The van der Waals surface area contributed by atoms with Crippen molar-refractivity contribution in [2.75, 3.05) is 18.6 Å². The van der Waals surface area contributed by atoms with E-state index < -0.39 is 6.10 Å². The largest absolute Gasteiger partial charge is 0.494 e. The molecule has 1 atom stereocenters. The highest BCUT2D eigenvalue weighted by Crippen LogP contribution is 2.21. The summed E-state index contributed by atoms with van der Waals surface area (Å²) in [5.74, 6) is 1.45. The minimum atomic E-state index is -0.508. The molecule has 1 N–H and O–H groups in total. The number of methoxy groups -OCH3 is 1. The van der Waals surface area contributed by atoms with Crippen LogP contribution in [0.1, 0.15) is 12.5 Å². The summed E-state index contributed by atoms with van der Waals surface area (Å²) in [5, 5.41) is 9.69. The summed E-state index contributed by atoms with van der Waals surface area (Å²) in [6, 6.07) is 4.99. The van der Waals surface area contributed by atoms with Gasteiger partial charge in [-0.3, -0.25) is 0 Å². The summed E-state index contributed by atoms with van der Waals surface area (Å²) in [6.45, 7) is 2.03. The molecule has 0 spiro atoms. The summed E-state index contributed by atoms with van der Waals surface area (Å²) in [6.07, 6.45) is -0.178. The molecule has 0 radical (unpaired) electrons. The lowest BCUT2D eigenvalue weighted by Crippen LogP contribution is -2.14. The molecule has 0 amide bonds. The molecule has 0 bridgehead atoms. The van der Waals surface area contributed by atoms with E-state index in [2.05, 4.69) is 0 Å². The third-order valence-electron chi connectivity index (χ3n) is 2.23. The molecule has 2 nitrogen and oxygen atoms in total. The van der Waals surface area contributed by atoms with Gasteiger partial charge >= 0.3 is 0 Å². The molecule has 0 saturated carbocycles. The number of aliphatic hydroxyl groups excluding tert-OH is 1. The molecular weight excluding hydrogens is 227 g/mol. The van der Waals surface area contributed by atoms with Gasteiger partial charge in [0.05, 0.1) is 13.2 Å². The predicted molar refractivity (Wildman–Crippen MR) is 65.7 cm³/mol. The summed E-state index contributed by atoms with van der Waals surface area (Å²) >= 11 is 1.65. The highest BCUT2D eigenvalue weighted by Gasteiger charge is 2.12. The smallest absolute Gasteiger partial charge is 0.168 e. The predicted octanol–water partition coefficient (Wildman–Crippen LogP) is 2.49. The van der Waals surface area contributed by atoms with Crippen LogP contribution in [0.3, 0.4) is 0 Å². The van der Waals surface area contributed by atoms with Crippen molar-refractivity contribution in [1.82, 2.24) is 0 Å². The van der Waals surface area contributed by atoms with Gasteiger partial charge in [-0.15, -0.1) is 0 Å². The molecular formula is C12H17FO2S. The zero-order valence-electron chi connectivity index (χ0n) is 9.57. The van der Waals surface area contributed by atoms with Gasteiger partial charge in [-0.05, 0) is 17.4 Å². The van der Waals surface area contributed by atoms with E-state index in [0.29, 0.717) is 17.7 Å². The van der Waals surface area contributed by atoms with Crippen molar-refractivity contribution in [1.29, 1.82) is 0 Å². The molecule has 1 rings (SSSR count). The zero-order valence-corrected chi connectivity index (χ0v) is 10.4. The summed E-state index contributed by atoms with van der Waals surface area (Å²) in [4.78, 5) is 0. The molecule has 0 aliphatic rings. The number of rotatable bonds is 6. The SMILES string of the molecule is CCSCC(O)Cc1cccc(OC)c1F. The second-order valence-electron chi connectivity index (χ2n) is 3.45. The van der Waals surface area contributed by atoms with Crippen LogP contribution in [-0.4, -0.2) is 29.8 Å². The second-order valence-corrected chi connectivity index (χ2v) is 4.77. The van der Waals surface area contributed by atoms with Gasteiger partial charge in [-0.25, -0.2) is 4.39 Å². The molecule has 1 aromatic rings. The molecule has 0 aliphatic heterocycles. The van der Waals surface area contributed by atoms with Crippen LogP contribution in [0.4, 0.5) is 4.39 Å². The van der Waals surface area contributed by atoms with Gasteiger partial charge in [0.25, 0.3) is 0 Å². The van der Waals surface area contributed by atoms with E-state index in [1.165, 1.54) is 7.11 Å². The number of halogens is 1. The Kier molecular flexibility index (Phi) is 5.63. The molecule has 0 aliphatic carbocycles. The Balaban J connectivity index is 2.66. The van der Waals surface area contributed by atoms with Gasteiger partial charge in [0.15, 0.2) is 11.6 Å². The normalized spacial score (nSPS) is 12.5. The number of aliphatic hydroxyl groups is 1. The number of ether oxygens (including phenoxy) is 1. The van der Waals surface area contributed by atoms with Crippen LogP contribution in [0.15, 0.2) is 18.2 Å². The van der Waals surface area contributed by atoms with Crippen molar-refractivity contribution in [3.63, 3.8) is 0 Å². The summed E-state index contributed by atoms with van der Waals surface area (Å²) < 4.78 is 18.6. The molecule has 1 aromatic carbocycles. The van der Waals surface area contributed by atoms with Crippen molar-refractivity contribution in [3.05, 3.63) is 29.6 Å². The molecule has 4 heteroatoms. The Morgan fingerprint density at radius 1 is 1.50 bits per heavy atom. The van der Waals surface area contributed by atoms with Crippen molar-refractivity contribution < 1.29 is 14.2 Å². The quantitative estimate of drug-likeness (QED) is 0.833. The highest BCUT2D eigenvalue weighted by molar-refractivity contribution is 7.99. The highest BCUT2D eigenvalue weighted by atomic mass is 32.2. The van der Waals surface area contributed by atoms with Gasteiger partial charge in [0.1, 0.15) is 0 Å². The fraction of sp³-hybridized carbons (Fsp3) is 0.500. The number of hydrogen-bond acceptors (Lipinski definition) is 3. The van der Waals surface area contributed by atoms with Crippen molar-refractivity contribution >= 4 is 11.8 Å². The minimum Gasteiger partial charge on any atom is -0.494 e. The van der Waals surface area contributed by atoms with E-state index in [9.17, 15) is 9.50 Å². The fourth-order valence-electron chi connectivity index (χ4n) is 1.44. The van der Waals surface area contributed by atoms with Crippen LogP contribution < -0.4 is 4.74 Å². The third kappa shape index (κ3) is 3.68. The maximum atomic E-state index is 13.7. The Bertz CT molecular complexity index is 331. The lowest BCUT2D eigenvalue weighted by Gasteiger charge is -2.11. The lowest BCUT2D eigenvalue weighted by molar-refractivity contribution is 0.198. The van der Waals surface area contributed by atoms with Crippen molar-refractivity contribution in [2.24, 2.45) is 0 Å². The number of thioether (sulfide) groups is 1. The van der Waals surface area contributed by atoms with Crippen LogP contribution in [0, 0.1) is 5.82 Å². The molecule has 90 valence electrons. The Morgan fingerprint density at radius 3 is 2.88 bits per heavy atom.